The van der Waals surface area contributed by atoms with E-state index in [9.17, 15) is 0 Å². The van der Waals surface area contributed by atoms with Gasteiger partial charge in [0.05, 0.1) is 12.3 Å². The van der Waals surface area contributed by atoms with Gasteiger partial charge >= 0.3 is 0 Å². The van der Waals surface area contributed by atoms with E-state index in [2.05, 4.69) is 17.1 Å². The second kappa shape index (κ2) is 3.54. The van der Waals surface area contributed by atoms with Crippen LogP contribution in [0.5, 0.6) is 0 Å². The summed E-state index contributed by atoms with van der Waals surface area (Å²) in [6, 6.07) is 10.2. The van der Waals surface area contributed by atoms with E-state index in [1.807, 2.05) is 30.4 Å². The molecule has 2 N–H and O–H groups in total. The molecule has 1 heterocycles. The second-order valence-electron chi connectivity index (χ2n) is 3.11. The molecule has 2 nitrogen and oxygen atoms in total. The van der Waals surface area contributed by atoms with E-state index in [1.165, 1.54) is 0 Å². The van der Waals surface area contributed by atoms with Crippen LogP contribution < -0.4 is 5.73 Å². The summed E-state index contributed by atoms with van der Waals surface area (Å²) < 4.78 is 0. The zero-order valence-electron chi connectivity index (χ0n) is 7.35. The summed E-state index contributed by atoms with van der Waals surface area (Å²) in [6.45, 7) is 0.695. The zero-order chi connectivity index (χ0) is 9.10. The first-order valence-corrected chi connectivity index (χ1v) is 4.40. The van der Waals surface area contributed by atoms with Crippen LogP contribution in [-0.4, -0.2) is 18.3 Å². The Morgan fingerprint density at radius 3 is 2.62 bits per heavy atom. The van der Waals surface area contributed by atoms with Crippen LogP contribution in [0.4, 0.5) is 0 Å². The van der Waals surface area contributed by atoms with E-state index in [4.69, 9.17) is 5.73 Å². The third kappa shape index (κ3) is 1.84. The first kappa shape index (κ1) is 8.20. The average Bonchev–Trinajstić information content (AvgIpc) is 2.20. The number of nitrogens with two attached hydrogens (primary N) is 1. The largest absolute Gasteiger partial charge is 0.323 e. The summed E-state index contributed by atoms with van der Waals surface area (Å²) >= 11 is 0. The number of hydrogen-bond acceptors (Lipinski definition) is 2. The highest BCUT2D eigenvalue weighted by Crippen LogP contribution is 2.06. The van der Waals surface area contributed by atoms with Crippen molar-refractivity contribution < 1.29 is 0 Å². The van der Waals surface area contributed by atoms with Crippen molar-refractivity contribution in [3.63, 3.8) is 0 Å². The minimum atomic E-state index is 0.0902. The Morgan fingerprint density at radius 2 is 2.00 bits per heavy atom. The Bertz CT molecular complexity index is 338. The van der Waals surface area contributed by atoms with Gasteiger partial charge in [-0.05, 0) is 11.6 Å². The molecule has 2 heteroatoms. The smallest absolute Gasteiger partial charge is 0.0644 e. The molecule has 66 valence electrons. The highest BCUT2D eigenvalue weighted by atomic mass is 14.8. The molecular formula is C11H12N2. The fourth-order valence-corrected chi connectivity index (χ4v) is 1.33. The molecule has 1 atom stereocenters. The van der Waals surface area contributed by atoms with Gasteiger partial charge in [0.1, 0.15) is 0 Å². The summed E-state index contributed by atoms with van der Waals surface area (Å²) in [7, 11) is 0. The Kier molecular flexibility index (Phi) is 2.23. The van der Waals surface area contributed by atoms with Crippen LogP contribution in [0.1, 0.15) is 5.56 Å². The third-order valence-electron chi connectivity index (χ3n) is 2.04. The number of dihydropyridines is 1. The van der Waals surface area contributed by atoms with Crippen molar-refractivity contribution in [2.45, 2.75) is 6.04 Å². The normalized spacial score (nSPS) is 21.3. The molecule has 0 aromatic heterocycles. The second-order valence-corrected chi connectivity index (χ2v) is 3.11. The van der Waals surface area contributed by atoms with E-state index in [0.717, 1.165) is 11.3 Å². The van der Waals surface area contributed by atoms with Crippen molar-refractivity contribution >= 4 is 5.71 Å². The van der Waals surface area contributed by atoms with Crippen LogP contribution in [0, 0.1) is 0 Å². The molecule has 0 saturated carbocycles. The fraction of sp³-hybridized carbons (Fsp3) is 0.182. The van der Waals surface area contributed by atoms with E-state index in [0.29, 0.717) is 6.54 Å². The summed E-state index contributed by atoms with van der Waals surface area (Å²) in [4.78, 5) is 4.39. The minimum Gasteiger partial charge on any atom is -0.323 e. The Hall–Kier alpha value is -1.41. The number of rotatable bonds is 1. The van der Waals surface area contributed by atoms with Crippen molar-refractivity contribution in [3.05, 3.63) is 48.0 Å². The Labute approximate surface area is 77.8 Å². The molecule has 1 unspecified atom stereocenters. The molecule has 2 rings (SSSR count). The van der Waals surface area contributed by atoms with Crippen molar-refractivity contribution in [2.24, 2.45) is 10.7 Å². The lowest BCUT2D eigenvalue weighted by molar-refractivity contribution is 0.816. The molecular weight excluding hydrogens is 160 g/mol. The molecule has 1 aliphatic heterocycles. The fourth-order valence-electron chi connectivity index (χ4n) is 1.33. The van der Waals surface area contributed by atoms with E-state index >= 15 is 0 Å². The van der Waals surface area contributed by atoms with Crippen molar-refractivity contribution in [3.8, 4) is 0 Å². The van der Waals surface area contributed by atoms with Gasteiger partial charge in [-0.15, -0.1) is 0 Å². The SMILES string of the molecule is NC1C=CC(c2ccccc2)=NC1. The average molecular weight is 172 g/mol. The van der Waals surface area contributed by atoms with Crippen molar-refractivity contribution in [2.75, 3.05) is 6.54 Å². The van der Waals surface area contributed by atoms with Crippen LogP contribution in [-0.2, 0) is 0 Å². The van der Waals surface area contributed by atoms with Gasteiger partial charge in [-0.25, -0.2) is 0 Å². The predicted octanol–water partition coefficient (Wildman–Crippen LogP) is 1.37. The molecule has 0 aliphatic carbocycles. The first-order chi connectivity index (χ1) is 6.36. The van der Waals surface area contributed by atoms with Gasteiger partial charge in [0.15, 0.2) is 0 Å². The molecule has 0 saturated heterocycles. The standard InChI is InChI=1S/C11H12N2/c12-10-6-7-11(13-8-10)9-4-2-1-3-5-9/h1-7,10H,8,12H2. The first-order valence-electron chi connectivity index (χ1n) is 4.40. The summed E-state index contributed by atoms with van der Waals surface area (Å²) in [5.74, 6) is 0. The molecule has 0 bridgehead atoms. The van der Waals surface area contributed by atoms with Gasteiger partial charge in [0.25, 0.3) is 0 Å². The van der Waals surface area contributed by atoms with Gasteiger partial charge in [-0.1, -0.05) is 36.4 Å². The van der Waals surface area contributed by atoms with Crippen LogP contribution >= 0.6 is 0 Å². The van der Waals surface area contributed by atoms with Gasteiger partial charge < -0.3 is 5.73 Å². The number of nitrogens with zero attached hydrogens (tertiary/aromatic N) is 1. The topological polar surface area (TPSA) is 38.4 Å². The molecule has 1 aromatic carbocycles. The molecule has 0 spiro atoms. The maximum Gasteiger partial charge on any atom is 0.0644 e. The quantitative estimate of drug-likeness (QED) is 0.682. The monoisotopic (exact) mass is 172 g/mol. The Morgan fingerprint density at radius 1 is 1.23 bits per heavy atom. The number of aliphatic imine (C=N–C) groups is 1. The van der Waals surface area contributed by atoms with Crippen LogP contribution in [0.2, 0.25) is 0 Å². The van der Waals surface area contributed by atoms with Crippen LogP contribution in [0.3, 0.4) is 0 Å². The lowest BCUT2D eigenvalue weighted by atomic mass is 10.1. The number of hydrogen-bond donors (Lipinski definition) is 1. The van der Waals surface area contributed by atoms with Crippen LogP contribution in [0.15, 0.2) is 47.5 Å². The van der Waals surface area contributed by atoms with Gasteiger partial charge in [0.2, 0.25) is 0 Å². The van der Waals surface area contributed by atoms with E-state index in [1.54, 1.807) is 0 Å². The number of benzene rings is 1. The third-order valence-corrected chi connectivity index (χ3v) is 2.04. The maximum atomic E-state index is 5.68. The summed E-state index contributed by atoms with van der Waals surface area (Å²) in [5, 5.41) is 0. The maximum absolute atomic E-state index is 5.68. The zero-order valence-corrected chi connectivity index (χ0v) is 7.35. The van der Waals surface area contributed by atoms with Crippen molar-refractivity contribution in [1.82, 2.24) is 0 Å². The van der Waals surface area contributed by atoms with Gasteiger partial charge in [-0.3, -0.25) is 4.99 Å². The van der Waals surface area contributed by atoms with E-state index < -0.39 is 0 Å². The lowest BCUT2D eigenvalue weighted by Gasteiger charge is -2.10. The predicted molar refractivity (Wildman–Crippen MR) is 55.0 cm³/mol. The molecule has 0 fully saturated rings. The molecule has 0 radical (unpaired) electrons. The Balaban J connectivity index is 2.25. The number of allylic oxidation sites excluding steroid dienone is 1. The van der Waals surface area contributed by atoms with Crippen molar-refractivity contribution in [1.29, 1.82) is 0 Å². The van der Waals surface area contributed by atoms with Gasteiger partial charge in [0, 0.05) is 6.04 Å². The highest BCUT2D eigenvalue weighted by molar-refractivity contribution is 6.09. The molecule has 1 aliphatic rings. The molecule has 1 aromatic rings. The summed E-state index contributed by atoms with van der Waals surface area (Å²) in [5.41, 5.74) is 7.87. The highest BCUT2D eigenvalue weighted by Gasteiger charge is 2.05. The van der Waals surface area contributed by atoms with Crippen LogP contribution in [0.25, 0.3) is 0 Å². The summed E-state index contributed by atoms with van der Waals surface area (Å²) in [6.07, 6.45) is 3.98. The lowest BCUT2D eigenvalue weighted by Crippen LogP contribution is -2.24. The molecule has 0 amide bonds. The minimum absolute atomic E-state index is 0.0902. The molecule has 13 heavy (non-hydrogen) atoms. The van der Waals surface area contributed by atoms with Gasteiger partial charge in [-0.2, -0.15) is 0 Å². The van der Waals surface area contributed by atoms with E-state index in [-0.39, 0.29) is 6.04 Å².